The van der Waals surface area contributed by atoms with Crippen molar-refractivity contribution in [2.45, 2.75) is 20.8 Å². The third kappa shape index (κ3) is 4.98. The van der Waals surface area contributed by atoms with Gasteiger partial charge in [0.15, 0.2) is 0 Å². The van der Waals surface area contributed by atoms with Gasteiger partial charge in [0.2, 0.25) is 0 Å². The van der Waals surface area contributed by atoms with Crippen molar-refractivity contribution in [1.82, 2.24) is 5.32 Å². The Labute approximate surface area is 124 Å². The molecule has 1 atom stereocenters. The Morgan fingerprint density at radius 2 is 1.95 bits per heavy atom. The van der Waals surface area contributed by atoms with Crippen LogP contribution < -0.4 is 15.4 Å². The van der Waals surface area contributed by atoms with Crippen molar-refractivity contribution in [1.29, 1.82) is 0 Å². The number of rotatable bonds is 6. The number of methoxy groups -OCH3 is 1. The summed E-state index contributed by atoms with van der Waals surface area (Å²) in [7, 11) is 1.38. The lowest BCUT2D eigenvalue weighted by atomic mass is 9.98. The minimum atomic E-state index is -1.08. The summed E-state index contributed by atoms with van der Waals surface area (Å²) in [6.45, 7) is 6.84. The first-order chi connectivity index (χ1) is 9.85. The maximum atomic E-state index is 11.8. The number of nitrogens with one attached hydrogen (secondary N) is 2. The molecular weight excluding hydrogens is 272 g/mol. The Balaban J connectivity index is 2.66. The fourth-order valence-electron chi connectivity index (χ4n) is 1.61. The van der Waals surface area contributed by atoms with Crippen molar-refractivity contribution in [2.75, 3.05) is 19.0 Å². The van der Waals surface area contributed by atoms with Gasteiger partial charge in [0, 0.05) is 18.3 Å². The van der Waals surface area contributed by atoms with Crippen LogP contribution in [-0.2, 0) is 0 Å². The molecule has 6 heteroatoms. The molecule has 1 aromatic carbocycles. The van der Waals surface area contributed by atoms with Gasteiger partial charge in [0.05, 0.1) is 7.11 Å². The first-order valence-electron chi connectivity index (χ1n) is 6.81. The van der Waals surface area contributed by atoms with Crippen LogP contribution in [0.2, 0.25) is 0 Å². The Morgan fingerprint density at radius 1 is 1.29 bits per heavy atom. The van der Waals surface area contributed by atoms with Crippen LogP contribution in [0.25, 0.3) is 0 Å². The predicted molar refractivity (Wildman–Crippen MR) is 81.0 cm³/mol. The molecule has 116 valence electrons. The third-order valence-corrected chi connectivity index (χ3v) is 3.41. The summed E-state index contributed by atoms with van der Waals surface area (Å²) in [5, 5.41) is 14.4. The smallest absolute Gasteiger partial charge is 0.339 e. The van der Waals surface area contributed by atoms with Crippen molar-refractivity contribution in [3.8, 4) is 5.75 Å². The van der Waals surface area contributed by atoms with Gasteiger partial charge in [-0.3, -0.25) is 0 Å². The van der Waals surface area contributed by atoms with Crippen LogP contribution in [0.1, 0.15) is 31.1 Å². The second kappa shape index (κ2) is 7.52. The zero-order valence-electron chi connectivity index (χ0n) is 12.8. The highest BCUT2D eigenvalue weighted by molar-refractivity contribution is 5.94. The SMILES string of the molecule is COc1cc(NC(=O)NCC(C)C(C)C)ccc1C(=O)O. The number of ether oxygens (including phenoxy) is 1. The molecule has 1 unspecified atom stereocenters. The van der Waals surface area contributed by atoms with E-state index in [2.05, 4.69) is 31.4 Å². The van der Waals surface area contributed by atoms with E-state index in [1.807, 2.05) is 0 Å². The summed E-state index contributed by atoms with van der Waals surface area (Å²) in [5.41, 5.74) is 0.531. The molecule has 0 saturated heterocycles. The third-order valence-electron chi connectivity index (χ3n) is 3.41. The molecule has 21 heavy (non-hydrogen) atoms. The molecule has 1 rings (SSSR count). The Hall–Kier alpha value is -2.24. The van der Waals surface area contributed by atoms with E-state index in [1.54, 1.807) is 0 Å². The van der Waals surface area contributed by atoms with Gasteiger partial charge < -0.3 is 20.5 Å². The first kappa shape index (κ1) is 16.8. The summed E-state index contributed by atoms with van der Waals surface area (Å²) in [6.07, 6.45) is 0. The molecule has 0 saturated carbocycles. The van der Waals surface area contributed by atoms with Crippen LogP contribution in [0, 0.1) is 11.8 Å². The van der Waals surface area contributed by atoms with Crippen molar-refractivity contribution in [2.24, 2.45) is 11.8 Å². The van der Waals surface area contributed by atoms with E-state index in [4.69, 9.17) is 9.84 Å². The second-order valence-electron chi connectivity index (χ2n) is 5.28. The average Bonchev–Trinajstić information content (AvgIpc) is 2.44. The molecule has 0 heterocycles. The van der Waals surface area contributed by atoms with Gasteiger partial charge in [-0.15, -0.1) is 0 Å². The van der Waals surface area contributed by atoms with Crippen LogP contribution in [0.15, 0.2) is 18.2 Å². The highest BCUT2D eigenvalue weighted by atomic mass is 16.5. The minimum Gasteiger partial charge on any atom is -0.496 e. The lowest BCUT2D eigenvalue weighted by molar-refractivity contribution is 0.0693. The molecule has 0 aliphatic heterocycles. The van der Waals surface area contributed by atoms with Gasteiger partial charge in [-0.2, -0.15) is 0 Å². The molecule has 0 radical (unpaired) electrons. The van der Waals surface area contributed by atoms with Crippen LogP contribution in [-0.4, -0.2) is 30.8 Å². The van der Waals surface area contributed by atoms with E-state index >= 15 is 0 Å². The van der Waals surface area contributed by atoms with Gasteiger partial charge in [0.25, 0.3) is 0 Å². The van der Waals surface area contributed by atoms with E-state index in [-0.39, 0.29) is 17.3 Å². The van der Waals surface area contributed by atoms with Crippen molar-refractivity contribution in [3.05, 3.63) is 23.8 Å². The standard InChI is InChI=1S/C15H22N2O4/c1-9(2)10(3)8-16-15(20)17-11-5-6-12(14(18)19)13(7-11)21-4/h5-7,9-10H,8H2,1-4H3,(H,18,19)(H2,16,17,20). The van der Waals surface area contributed by atoms with Gasteiger partial charge in [0.1, 0.15) is 11.3 Å². The number of amides is 2. The zero-order chi connectivity index (χ0) is 16.0. The summed E-state index contributed by atoms with van der Waals surface area (Å²) < 4.78 is 5.01. The van der Waals surface area contributed by atoms with Crippen LogP contribution in [0.5, 0.6) is 5.75 Å². The zero-order valence-corrected chi connectivity index (χ0v) is 12.8. The number of hydrogen-bond acceptors (Lipinski definition) is 3. The number of hydrogen-bond donors (Lipinski definition) is 3. The van der Waals surface area contributed by atoms with E-state index in [0.717, 1.165) is 0 Å². The molecule has 0 fully saturated rings. The van der Waals surface area contributed by atoms with Crippen LogP contribution in [0.4, 0.5) is 10.5 Å². The molecular formula is C15H22N2O4. The number of aromatic carboxylic acids is 1. The number of urea groups is 1. The molecule has 0 aromatic heterocycles. The quantitative estimate of drug-likeness (QED) is 0.753. The van der Waals surface area contributed by atoms with E-state index in [9.17, 15) is 9.59 Å². The molecule has 0 aliphatic rings. The predicted octanol–water partition coefficient (Wildman–Crippen LogP) is 2.81. The van der Waals surface area contributed by atoms with Crippen molar-refractivity contribution in [3.63, 3.8) is 0 Å². The van der Waals surface area contributed by atoms with Crippen LogP contribution >= 0.6 is 0 Å². The summed E-state index contributed by atoms with van der Waals surface area (Å²) in [5.74, 6) is -0.00984. The van der Waals surface area contributed by atoms with Crippen LogP contribution in [0.3, 0.4) is 0 Å². The highest BCUT2D eigenvalue weighted by Gasteiger charge is 2.13. The molecule has 0 spiro atoms. The monoisotopic (exact) mass is 294 g/mol. The maximum absolute atomic E-state index is 11.8. The number of carboxylic acid groups (broad SMARTS) is 1. The topological polar surface area (TPSA) is 87.7 Å². The Kier molecular flexibility index (Phi) is 6.02. The molecule has 3 N–H and O–H groups in total. The largest absolute Gasteiger partial charge is 0.496 e. The molecule has 0 bridgehead atoms. The maximum Gasteiger partial charge on any atom is 0.339 e. The second-order valence-corrected chi connectivity index (χ2v) is 5.28. The summed E-state index contributed by atoms with van der Waals surface area (Å²) >= 11 is 0. The fourth-order valence-corrected chi connectivity index (χ4v) is 1.61. The Bertz CT molecular complexity index is 514. The summed E-state index contributed by atoms with van der Waals surface area (Å²) in [6, 6.07) is 4.08. The lowest BCUT2D eigenvalue weighted by Crippen LogP contribution is -2.33. The van der Waals surface area contributed by atoms with Gasteiger partial charge >= 0.3 is 12.0 Å². The molecule has 0 aliphatic carbocycles. The molecule has 2 amide bonds. The number of carboxylic acids is 1. The average molecular weight is 294 g/mol. The number of benzene rings is 1. The van der Waals surface area contributed by atoms with E-state index in [0.29, 0.717) is 24.1 Å². The van der Waals surface area contributed by atoms with E-state index in [1.165, 1.54) is 25.3 Å². The van der Waals surface area contributed by atoms with Crippen molar-refractivity contribution < 1.29 is 19.4 Å². The van der Waals surface area contributed by atoms with Crippen molar-refractivity contribution >= 4 is 17.7 Å². The highest BCUT2D eigenvalue weighted by Crippen LogP contribution is 2.23. The minimum absolute atomic E-state index is 0.0527. The summed E-state index contributed by atoms with van der Waals surface area (Å²) in [4.78, 5) is 22.8. The van der Waals surface area contributed by atoms with E-state index < -0.39 is 5.97 Å². The molecule has 1 aromatic rings. The fraction of sp³-hybridized carbons (Fsp3) is 0.467. The lowest BCUT2D eigenvalue weighted by Gasteiger charge is -2.16. The number of carbonyl (C=O) groups excluding carboxylic acids is 1. The Morgan fingerprint density at radius 3 is 2.48 bits per heavy atom. The number of anilines is 1. The van der Waals surface area contributed by atoms with Gasteiger partial charge in [-0.25, -0.2) is 9.59 Å². The first-order valence-corrected chi connectivity index (χ1v) is 6.81. The molecule has 6 nitrogen and oxygen atoms in total. The number of carbonyl (C=O) groups is 2. The van der Waals surface area contributed by atoms with Gasteiger partial charge in [-0.05, 0) is 24.0 Å². The van der Waals surface area contributed by atoms with Gasteiger partial charge in [-0.1, -0.05) is 20.8 Å². The normalized spacial score (nSPS) is 11.9.